The van der Waals surface area contributed by atoms with Gasteiger partial charge in [0, 0.05) is 25.4 Å². The molecule has 27 heavy (non-hydrogen) atoms. The highest BCUT2D eigenvalue weighted by molar-refractivity contribution is 5.94. The number of hydrogen-bond donors (Lipinski definition) is 1. The van der Waals surface area contributed by atoms with Crippen LogP contribution in [0.25, 0.3) is 6.08 Å². The molecule has 2 aromatic rings. The Balaban J connectivity index is 1.48. The Hall–Kier alpha value is -3.10. The fourth-order valence-electron chi connectivity index (χ4n) is 2.69. The molecule has 0 atom stereocenters. The zero-order valence-corrected chi connectivity index (χ0v) is 14.2. The minimum atomic E-state index is -4.40. The van der Waals surface area contributed by atoms with Crippen LogP contribution in [0.15, 0.2) is 42.9 Å². The lowest BCUT2D eigenvalue weighted by Crippen LogP contribution is -2.43. The van der Waals surface area contributed by atoms with Crippen molar-refractivity contribution < 1.29 is 22.8 Å². The lowest BCUT2D eigenvalue weighted by atomic mass is 10.1. The van der Waals surface area contributed by atoms with Crippen molar-refractivity contribution in [1.82, 2.24) is 19.8 Å². The Morgan fingerprint density at radius 3 is 2.63 bits per heavy atom. The van der Waals surface area contributed by atoms with E-state index in [4.69, 9.17) is 0 Å². The molecule has 0 unspecified atom stereocenters. The van der Waals surface area contributed by atoms with E-state index in [-0.39, 0.29) is 12.5 Å². The number of amides is 2. The summed E-state index contributed by atoms with van der Waals surface area (Å²) in [5.41, 5.74) is 0.634. The monoisotopic (exact) mass is 378 g/mol. The first-order valence-corrected chi connectivity index (χ1v) is 8.23. The molecule has 1 aliphatic heterocycles. The predicted molar refractivity (Wildman–Crippen MR) is 91.1 cm³/mol. The molecular weight excluding hydrogens is 361 g/mol. The Kier molecular flexibility index (Phi) is 5.29. The molecule has 3 rings (SSSR count). The molecule has 1 aromatic carbocycles. The number of nitrogens with one attached hydrogen (secondary N) is 1. The number of benzene rings is 1. The van der Waals surface area contributed by atoms with Crippen molar-refractivity contribution in [2.45, 2.75) is 19.3 Å². The Labute approximate surface area is 153 Å². The number of aromatic nitrogens is 2. The highest BCUT2D eigenvalue weighted by atomic mass is 19.4. The Bertz CT molecular complexity index is 856. The second-order valence-electron chi connectivity index (χ2n) is 6.06. The summed E-state index contributed by atoms with van der Waals surface area (Å²) in [5, 5.41) is 2.48. The normalized spacial score (nSPS) is 14.3. The maximum Gasteiger partial charge on any atom is 0.416 e. The number of carbonyl (C=O) groups excluding carboxylic acids is 2. The molecule has 0 saturated heterocycles. The van der Waals surface area contributed by atoms with Crippen LogP contribution in [-0.2, 0) is 28.9 Å². The van der Waals surface area contributed by atoms with Gasteiger partial charge >= 0.3 is 6.18 Å². The average Bonchev–Trinajstić information content (AvgIpc) is 3.11. The van der Waals surface area contributed by atoms with E-state index in [2.05, 4.69) is 10.3 Å². The third kappa shape index (κ3) is 4.75. The van der Waals surface area contributed by atoms with Crippen molar-refractivity contribution in [2.24, 2.45) is 0 Å². The summed E-state index contributed by atoms with van der Waals surface area (Å²) in [7, 11) is 0. The summed E-state index contributed by atoms with van der Waals surface area (Å²) in [6, 6.07) is 4.44. The second kappa shape index (κ2) is 7.65. The van der Waals surface area contributed by atoms with E-state index in [0.717, 1.165) is 17.8 Å². The molecule has 6 nitrogen and oxygen atoms in total. The van der Waals surface area contributed by atoms with Crippen molar-refractivity contribution in [3.8, 4) is 0 Å². The van der Waals surface area contributed by atoms with E-state index in [1.165, 1.54) is 24.3 Å². The number of imidazole rings is 1. The van der Waals surface area contributed by atoms with Crippen LogP contribution in [0.1, 0.15) is 16.8 Å². The standard InChI is InChI=1S/C18H17F3N4O2/c19-18(20,21)14-4-1-13(2-5-14)3-6-16(26)23-10-17(27)24-7-8-25-12-22-9-15(25)11-24/h1-6,9,12H,7-8,10-11H2,(H,23,26)/b6-3+. The summed E-state index contributed by atoms with van der Waals surface area (Å²) in [6.07, 6.45) is 1.59. The van der Waals surface area contributed by atoms with Gasteiger partial charge in [0.25, 0.3) is 0 Å². The summed E-state index contributed by atoms with van der Waals surface area (Å²) in [4.78, 5) is 29.7. The van der Waals surface area contributed by atoms with Gasteiger partial charge in [-0.15, -0.1) is 0 Å². The number of fused-ring (bicyclic) bond motifs is 1. The van der Waals surface area contributed by atoms with Gasteiger partial charge in [-0.1, -0.05) is 12.1 Å². The van der Waals surface area contributed by atoms with Gasteiger partial charge < -0.3 is 14.8 Å². The van der Waals surface area contributed by atoms with Gasteiger partial charge in [0.05, 0.1) is 30.7 Å². The molecule has 0 fully saturated rings. The van der Waals surface area contributed by atoms with Gasteiger partial charge in [0.15, 0.2) is 0 Å². The van der Waals surface area contributed by atoms with Crippen molar-refractivity contribution in [3.63, 3.8) is 0 Å². The molecule has 9 heteroatoms. The number of hydrogen-bond acceptors (Lipinski definition) is 3. The van der Waals surface area contributed by atoms with Crippen LogP contribution >= 0.6 is 0 Å². The van der Waals surface area contributed by atoms with Gasteiger partial charge in [0.2, 0.25) is 11.8 Å². The van der Waals surface area contributed by atoms with Crippen LogP contribution in [0.3, 0.4) is 0 Å². The number of rotatable bonds is 4. The van der Waals surface area contributed by atoms with Gasteiger partial charge in [-0.3, -0.25) is 9.59 Å². The smallest absolute Gasteiger partial charge is 0.343 e. The molecule has 0 saturated carbocycles. The highest BCUT2D eigenvalue weighted by Crippen LogP contribution is 2.29. The van der Waals surface area contributed by atoms with E-state index >= 15 is 0 Å². The fourth-order valence-corrected chi connectivity index (χ4v) is 2.69. The molecule has 0 spiro atoms. The van der Waals surface area contributed by atoms with Crippen molar-refractivity contribution in [1.29, 1.82) is 0 Å². The number of carbonyl (C=O) groups is 2. The number of nitrogens with zero attached hydrogens (tertiary/aromatic N) is 3. The number of alkyl halides is 3. The van der Waals surface area contributed by atoms with Gasteiger partial charge in [0.1, 0.15) is 0 Å². The van der Waals surface area contributed by atoms with Crippen molar-refractivity contribution in [3.05, 3.63) is 59.7 Å². The third-order valence-corrected chi connectivity index (χ3v) is 4.19. The van der Waals surface area contributed by atoms with Crippen molar-refractivity contribution in [2.75, 3.05) is 13.1 Å². The molecule has 0 radical (unpaired) electrons. The van der Waals surface area contributed by atoms with E-state index < -0.39 is 17.6 Å². The van der Waals surface area contributed by atoms with E-state index in [0.29, 0.717) is 25.2 Å². The molecule has 0 aliphatic carbocycles. The summed E-state index contributed by atoms with van der Waals surface area (Å²) < 4.78 is 39.5. The zero-order chi connectivity index (χ0) is 19.4. The molecule has 0 bridgehead atoms. The highest BCUT2D eigenvalue weighted by Gasteiger charge is 2.29. The topological polar surface area (TPSA) is 67.2 Å². The molecule has 1 N–H and O–H groups in total. The first-order chi connectivity index (χ1) is 12.8. The summed E-state index contributed by atoms with van der Waals surface area (Å²) in [5.74, 6) is -0.705. The minimum Gasteiger partial charge on any atom is -0.343 e. The van der Waals surface area contributed by atoms with Gasteiger partial charge in [-0.25, -0.2) is 4.98 Å². The first-order valence-electron chi connectivity index (χ1n) is 8.23. The number of halogens is 3. The van der Waals surface area contributed by atoms with Crippen LogP contribution in [0.5, 0.6) is 0 Å². The maximum absolute atomic E-state index is 12.5. The van der Waals surface area contributed by atoms with Gasteiger partial charge in [-0.05, 0) is 23.8 Å². The van der Waals surface area contributed by atoms with Crippen LogP contribution in [0.4, 0.5) is 13.2 Å². The average molecular weight is 378 g/mol. The Morgan fingerprint density at radius 2 is 1.93 bits per heavy atom. The molecule has 2 amide bonds. The van der Waals surface area contributed by atoms with Crippen LogP contribution < -0.4 is 5.32 Å². The second-order valence-corrected chi connectivity index (χ2v) is 6.06. The quantitative estimate of drug-likeness (QED) is 0.829. The fraction of sp³-hybridized carbons (Fsp3) is 0.278. The molecule has 2 heterocycles. The SMILES string of the molecule is O=C(/C=C/c1ccc(C(F)(F)F)cc1)NCC(=O)N1CCn2cncc2C1. The minimum absolute atomic E-state index is 0.148. The Morgan fingerprint density at radius 1 is 1.19 bits per heavy atom. The molecule has 1 aromatic heterocycles. The van der Waals surface area contributed by atoms with E-state index in [1.807, 2.05) is 4.57 Å². The van der Waals surface area contributed by atoms with E-state index in [9.17, 15) is 22.8 Å². The maximum atomic E-state index is 12.5. The summed E-state index contributed by atoms with van der Waals surface area (Å²) >= 11 is 0. The lowest BCUT2D eigenvalue weighted by Gasteiger charge is -2.28. The molecule has 1 aliphatic rings. The van der Waals surface area contributed by atoms with Crippen LogP contribution in [-0.4, -0.2) is 39.4 Å². The molecule has 142 valence electrons. The lowest BCUT2D eigenvalue weighted by molar-refractivity contribution is -0.137. The largest absolute Gasteiger partial charge is 0.416 e. The van der Waals surface area contributed by atoms with Gasteiger partial charge in [-0.2, -0.15) is 13.2 Å². The molecular formula is C18H17F3N4O2. The first kappa shape index (κ1) is 18.7. The van der Waals surface area contributed by atoms with Crippen LogP contribution in [0.2, 0.25) is 0 Å². The zero-order valence-electron chi connectivity index (χ0n) is 14.2. The van der Waals surface area contributed by atoms with Crippen LogP contribution in [0, 0.1) is 0 Å². The predicted octanol–water partition coefficient (Wildman–Crippen LogP) is 2.07. The third-order valence-electron chi connectivity index (χ3n) is 4.19. The summed E-state index contributed by atoms with van der Waals surface area (Å²) in [6.45, 7) is 1.49. The van der Waals surface area contributed by atoms with Crippen molar-refractivity contribution >= 4 is 17.9 Å². The van der Waals surface area contributed by atoms with E-state index in [1.54, 1.807) is 17.4 Å².